The molecule has 3 rings (SSSR count). The number of oxazole rings is 1. The zero-order chi connectivity index (χ0) is 13.2. The van der Waals surface area contributed by atoms with Crippen molar-refractivity contribution in [2.75, 3.05) is 10.6 Å². The molecule has 0 aliphatic carbocycles. The lowest BCUT2D eigenvalue weighted by Gasteiger charge is -2.04. The Bertz CT molecular complexity index is 718. The molecule has 2 heterocycles. The van der Waals surface area contributed by atoms with Crippen LogP contribution in [-0.4, -0.2) is 26.2 Å². The van der Waals surface area contributed by atoms with Crippen molar-refractivity contribution in [3.05, 3.63) is 30.4 Å². The number of anilines is 2. The lowest BCUT2D eigenvalue weighted by Crippen LogP contribution is -2.20. The second kappa shape index (κ2) is 4.41. The Morgan fingerprint density at radius 3 is 3.05 bits per heavy atom. The van der Waals surface area contributed by atoms with E-state index in [0.29, 0.717) is 22.7 Å². The molecule has 0 spiro atoms. The third-order valence-corrected chi connectivity index (χ3v) is 2.40. The van der Waals surface area contributed by atoms with E-state index in [0.717, 1.165) is 0 Å². The molecule has 0 fully saturated rings. The molecule has 0 saturated heterocycles. The van der Waals surface area contributed by atoms with Gasteiger partial charge < -0.3 is 9.73 Å². The summed E-state index contributed by atoms with van der Waals surface area (Å²) in [6.07, 6.45) is 1.31. The molecular formula is C11H10N6O2. The number of H-pyrrole nitrogens is 1. The summed E-state index contributed by atoms with van der Waals surface area (Å²) in [6.45, 7) is 1.77. The molecule has 2 aromatic heterocycles. The third kappa shape index (κ3) is 2.37. The lowest BCUT2D eigenvalue weighted by atomic mass is 10.3. The SMILES string of the molecule is Cc1nc2cc(NC(=O)Nc3ncn[nH]3)ccc2o1. The molecule has 0 saturated carbocycles. The highest BCUT2D eigenvalue weighted by Crippen LogP contribution is 2.19. The molecule has 0 aliphatic rings. The number of urea groups is 1. The fourth-order valence-corrected chi connectivity index (χ4v) is 1.66. The minimum Gasteiger partial charge on any atom is -0.441 e. The highest BCUT2D eigenvalue weighted by Gasteiger charge is 2.07. The summed E-state index contributed by atoms with van der Waals surface area (Å²) in [5, 5.41) is 11.3. The van der Waals surface area contributed by atoms with Crippen LogP contribution in [0.1, 0.15) is 5.89 Å². The summed E-state index contributed by atoms with van der Waals surface area (Å²) < 4.78 is 5.35. The summed E-state index contributed by atoms with van der Waals surface area (Å²) in [5.74, 6) is 0.856. The van der Waals surface area contributed by atoms with Crippen LogP contribution in [0.4, 0.5) is 16.4 Å². The van der Waals surface area contributed by atoms with Crippen LogP contribution in [0.5, 0.6) is 0 Å². The Balaban J connectivity index is 1.75. The molecule has 0 radical (unpaired) electrons. The van der Waals surface area contributed by atoms with Crippen LogP contribution >= 0.6 is 0 Å². The summed E-state index contributed by atoms with van der Waals surface area (Å²) in [6, 6.07) is 4.79. The maximum Gasteiger partial charge on any atom is 0.326 e. The van der Waals surface area contributed by atoms with Gasteiger partial charge in [0.2, 0.25) is 5.95 Å². The fourth-order valence-electron chi connectivity index (χ4n) is 1.66. The van der Waals surface area contributed by atoms with Crippen LogP contribution in [0.3, 0.4) is 0 Å². The number of carbonyl (C=O) groups is 1. The number of nitrogens with zero attached hydrogens (tertiary/aromatic N) is 3. The molecule has 1 aromatic carbocycles. The van der Waals surface area contributed by atoms with E-state index in [-0.39, 0.29) is 5.95 Å². The molecule has 96 valence electrons. The summed E-state index contributed by atoms with van der Waals surface area (Å²) in [5.41, 5.74) is 1.98. The molecule has 0 aliphatic heterocycles. The number of aryl methyl sites for hydroxylation is 1. The first-order valence-electron chi connectivity index (χ1n) is 5.51. The predicted octanol–water partition coefficient (Wildman–Crippen LogP) is 1.90. The van der Waals surface area contributed by atoms with Crippen LogP contribution < -0.4 is 10.6 Å². The highest BCUT2D eigenvalue weighted by atomic mass is 16.3. The van der Waals surface area contributed by atoms with Crippen molar-refractivity contribution in [1.29, 1.82) is 0 Å². The van der Waals surface area contributed by atoms with Gasteiger partial charge >= 0.3 is 6.03 Å². The van der Waals surface area contributed by atoms with Crippen LogP contribution in [0.15, 0.2) is 28.9 Å². The molecule has 0 unspecified atom stereocenters. The Labute approximate surface area is 107 Å². The zero-order valence-electron chi connectivity index (χ0n) is 9.97. The Hall–Kier alpha value is -2.90. The standard InChI is InChI=1S/C11H10N6O2/c1-6-14-8-4-7(2-3-9(8)19-6)15-11(18)16-10-12-5-13-17-10/h2-5H,1H3,(H3,12,13,15,16,17,18). The van der Waals surface area contributed by atoms with Crippen LogP contribution in [0, 0.1) is 6.92 Å². The van der Waals surface area contributed by atoms with Gasteiger partial charge in [0.1, 0.15) is 11.8 Å². The van der Waals surface area contributed by atoms with E-state index < -0.39 is 6.03 Å². The van der Waals surface area contributed by atoms with Crippen LogP contribution in [0.25, 0.3) is 11.1 Å². The molecular weight excluding hydrogens is 248 g/mol. The lowest BCUT2D eigenvalue weighted by molar-refractivity contribution is 0.262. The van der Waals surface area contributed by atoms with E-state index in [4.69, 9.17) is 4.42 Å². The van der Waals surface area contributed by atoms with Crippen molar-refractivity contribution in [2.24, 2.45) is 0 Å². The summed E-state index contributed by atoms with van der Waals surface area (Å²) >= 11 is 0. The number of benzene rings is 1. The summed E-state index contributed by atoms with van der Waals surface area (Å²) in [4.78, 5) is 19.6. The van der Waals surface area contributed by atoms with Gasteiger partial charge in [0.15, 0.2) is 11.5 Å². The quantitative estimate of drug-likeness (QED) is 0.650. The second-order valence-corrected chi connectivity index (χ2v) is 3.83. The number of rotatable bonds is 2. The number of amides is 2. The van der Waals surface area contributed by atoms with Gasteiger partial charge in [0.05, 0.1) is 0 Å². The van der Waals surface area contributed by atoms with Crippen molar-refractivity contribution >= 4 is 28.8 Å². The van der Waals surface area contributed by atoms with Crippen molar-refractivity contribution in [1.82, 2.24) is 20.2 Å². The van der Waals surface area contributed by atoms with Gasteiger partial charge in [-0.15, -0.1) is 0 Å². The first-order valence-corrected chi connectivity index (χ1v) is 5.51. The number of fused-ring (bicyclic) bond motifs is 1. The molecule has 3 N–H and O–H groups in total. The molecule has 8 heteroatoms. The first-order chi connectivity index (χ1) is 9.20. The maximum atomic E-state index is 11.7. The Kier molecular flexibility index (Phi) is 2.60. The summed E-state index contributed by atoms with van der Waals surface area (Å²) in [7, 11) is 0. The largest absolute Gasteiger partial charge is 0.441 e. The van der Waals surface area contributed by atoms with Gasteiger partial charge in [0, 0.05) is 12.6 Å². The average molecular weight is 258 g/mol. The van der Waals surface area contributed by atoms with Gasteiger partial charge in [-0.05, 0) is 18.2 Å². The smallest absolute Gasteiger partial charge is 0.326 e. The maximum absolute atomic E-state index is 11.7. The van der Waals surface area contributed by atoms with Gasteiger partial charge in [0.25, 0.3) is 0 Å². The number of aromatic amines is 1. The van der Waals surface area contributed by atoms with E-state index in [1.165, 1.54) is 6.33 Å². The van der Waals surface area contributed by atoms with Crippen molar-refractivity contribution in [2.45, 2.75) is 6.92 Å². The van der Waals surface area contributed by atoms with Crippen LogP contribution in [-0.2, 0) is 0 Å². The van der Waals surface area contributed by atoms with Crippen LogP contribution in [0.2, 0.25) is 0 Å². The van der Waals surface area contributed by atoms with Gasteiger partial charge in [-0.3, -0.25) is 5.32 Å². The van der Waals surface area contributed by atoms with E-state index in [2.05, 4.69) is 30.8 Å². The highest BCUT2D eigenvalue weighted by molar-refractivity contribution is 5.99. The number of nitrogens with one attached hydrogen (secondary N) is 3. The third-order valence-electron chi connectivity index (χ3n) is 2.40. The molecule has 19 heavy (non-hydrogen) atoms. The minimum atomic E-state index is -0.420. The van der Waals surface area contributed by atoms with E-state index in [1.54, 1.807) is 25.1 Å². The molecule has 0 bridgehead atoms. The van der Waals surface area contributed by atoms with Crippen molar-refractivity contribution in [3.8, 4) is 0 Å². The predicted molar refractivity (Wildman–Crippen MR) is 67.8 cm³/mol. The number of carbonyl (C=O) groups excluding carboxylic acids is 1. The normalized spacial score (nSPS) is 10.6. The van der Waals surface area contributed by atoms with E-state index in [9.17, 15) is 4.79 Å². The monoisotopic (exact) mass is 258 g/mol. The van der Waals surface area contributed by atoms with Crippen molar-refractivity contribution in [3.63, 3.8) is 0 Å². The Morgan fingerprint density at radius 1 is 1.37 bits per heavy atom. The number of aromatic nitrogens is 4. The first kappa shape index (κ1) is 11.2. The van der Waals surface area contributed by atoms with Gasteiger partial charge in [-0.25, -0.2) is 14.9 Å². The van der Waals surface area contributed by atoms with Gasteiger partial charge in [-0.1, -0.05) is 0 Å². The van der Waals surface area contributed by atoms with E-state index >= 15 is 0 Å². The molecule has 8 nitrogen and oxygen atoms in total. The number of hydrogen-bond donors (Lipinski definition) is 3. The van der Waals surface area contributed by atoms with E-state index in [1.807, 2.05) is 0 Å². The zero-order valence-corrected chi connectivity index (χ0v) is 9.97. The topological polar surface area (TPSA) is 109 Å². The molecule has 3 aromatic rings. The molecule has 2 amide bonds. The number of hydrogen-bond acceptors (Lipinski definition) is 5. The Morgan fingerprint density at radius 2 is 2.26 bits per heavy atom. The van der Waals surface area contributed by atoms with Crippen molar-refractivity contribution < 1.29 is 9.21 Å². The second-order valence-electron chi connectivity index (χ2n) is 3.83. The molecule has 0 atom stereocenters. The average Bonchev–Trinajstić information content (AvgIpc) is 2.96. The fraction of sp³-hybridized carbons (Fsp3) is 0.0909. The minimum absolute atomic E-state index is 0.274. The van der Waals surface area contributed by atoms with Gasteiger partial charge in [-0.2, -0.15) is 10.1 Å².